The zero-order chi connectivity index (χ0) is 19.4. The van der Waals surface area contributed by atoms with Crippen molar-refractivity contribution in [2.75, 3.05) is 19.8 Å². The number of ether oxygens (including phenoxy) is 2. The second-order valence-electron chi connectivity index (χ2n) is 5.83. The van der Waals surface area contributed by atoms with Crippen LogP contribution in [0.1, 0.15) is 45.6 Å². The minimum absolute atomic E-state index is 0.175. The van der Waals surface area contributed by atoms with E-state index < -0.39 is 0 Å². The maximum Gasteiger partial charge on any atom is 0.141 e. The number of rotatable bonds is 12. The van der Waals surface area contributed by atoms with E-state index in [1.54, 1.807) is 12.1 Å². The SMILES string of the molecule is CCc1cc(OCC=C(Cl)Cl)cc(Cl)c1OCCCCCON=C(C)C. The fourth-order valence-electron chi connectivity index (χ4n) is 2.13. The van der Waals surface area contributed by atoms with Crippen molar-refractivity contribution in [3.8, 4) is 11.5 Å². The molecule has 0 aliphatic carbocycles. The van der Waals surface area contributed by atoms with Crippen LogP contribution in [0.25, 0.3) is 0 Å². The molecule has 0 aliphatic heterocycles. The molecule has 1 aromatic rings. The first-order valence-corrected chi connectivity index (χ1v) is 9.79. The van der Waals surface area contributed by atoms with E-state index in [2.05, 4.69) is 5.16 Å². The summed E-state index contributed by atoms with van der Waals surface area (Å²) < 4.78 is 11.6. The molecule has 0 amide bonds. The van der Waals surface area contributed by atoms with Gasteiger partial charge in [-0.15, -0.1) is 0 Å². The molecule has 4 nitrogen and oxygen atoms in total. The molecule has 26 heavy (non-hydrogen) atoms. The van der Waals surface area contributed by atoms with E-state index in [1.807, 2.05) is 26.8 Å². The zero-order valence-electron chi connectivity index (χ0n) is 15.5. The standard InChI is InChI=1S/C19H26Cl3NO3/c1-4-15-12-16(24-11-8-18(21)22)13-17(20)19(15)25-9-6-5-7-10-26-23-14(2)3/h8,12-13H,4-7,9-11H2,1-3H3. The molecular weight excluding hydrogens is 397 g/mol. The molecule has 1 rings (SSSR count). The summed E-state index contributed by atoms with van der Waals surface area (Å²) in [7, 11) is 0. The largest absolute Gasteiger partial charge is 0.492 e. The van der Waals surface area contributed by atoms with Gasteiger partial charge in [0.25, 0.3) is 0 Å². The number of unbranched alkanes of at least 4 members (excludes halogenated alkanes) is 2. The Kier molecular flexibility index (Phi) is 11.6. The van der Waals surface area contributed by atoms with E-state index in [0.717, 1.165) is 42.7 Å². The molecule has 0 spiro atoms. The third-order valence-electron chi connectivity index (χ3n) is 3.34. The minimum atomic E-state index is 0.175. The van der Waals surface area contributed by atoms with Crippen LogP contribution in [0.2, 0.25) is 5.02 Å². The van der Waals surface area contributed by atoms with Gasteiger partial charge in [-0.3, -0.25) is 0 Å². The number of nitrogens with zero attached hydrogens (tertiary/aromatic N) is 1. The molecule has 0 fully saturated rings. The lowest BCUT2D eigenvalue weighted by Gasteiger charge is -2.14. The molecule has 0 heterocycles. The maximum absolute atomic E-state index is 6.36. The Morgan fingerprint density at radius 3 is 2.46 bits per heavy atom. The van der Waals surface area contributed by atoms with E-state index in [4.69, 9.17) is 49.1 Å². The molecule has 0 aliphatic rings. The van der Waals surface area contributed by atoms with Gasteiger partial charge in [0, 0.05) is 6.07 Å². The van der Waals surface area contributed by atoms with Crippen LogP contribution in [0.5, 0.6) is 11.5 Å². The number of halogens is 3. The Morgan fingerprint density at radius 2 is 1.81 bits per heavy atom. The fraction of sp³-hybridized carbons (Fsp3) is 0.526. The first-order valence-electron chi connectivity index (χ1n) is 8.66. The molecule has 0 saturated carbocycles. The van der Waals surface area contributed by atoms with Gasteiger partial charge < -0.3 is 14.3 Å². The third kappa shape index (κ3) is 9.56. The molecule has 0 atom stereocenters. The summed E-state index contributed by atoms with van der Waals surface area (Å²) in [5.74, 6) is 1.38. The molecule has 7 heteroatoms. The third-order valence-corrected chi connectivity index (χ3v) is 3.93. The molecule has 1 aromatic carbocycles. The zero-order valence-corrected chi connectivity index (χ0v) is 17.8. The van der Waals surface area contributed by atoms with Crippen LogP contribution in [-0.4, -0.2) is 25.5 Å². The number of hydrogen-bond acceptors (Lipinski definition) is 4. The summed E-state index contributed by atoms with van der Waals surface area (Å²) in [6.45, 7) is 7.37. The summed E-state index contributed by atoms with van der Waals surface area (Å²) in [6.07, 6.45) is 5.24. The Balaban J connectivity index is 2.46. The Morgan fingerprint density at radius 1 is 1.08 bits per heavy atom. The molecule has 0 unspecified atom stereocenters. The molecular formula is C19H26Cl3NO3. The highest BCUT2D eigenvalue weighted by Gasteiger charge is 2.11. The highest BCUT2D eigenvalue weighted by molar-refractivity contribution is 6.55. The van der Waals surface area contributed by atoms with Crippen LogP contribution in [0.3, 0.4) is 0 Å². The van der Waals surface area contributed by atoms with E-state index in [-0.39, 0.29) is 11.1 Å². The number of hydrogen-bond donors (Lipinski definition) is 0. The van der Waals surface area contributed by atoms with Gasteiger partial charge in [-0.25, -0.2) is 0 Å². The van der Waals surface area contributed by atoms with E-state index in [9.17, 15) is 0 Å². The van der Waals surface area contributed by atoms with Crippen molar-refractivity contribution in [3.05, 3.63) is 33.3 Å². The first-order chi connectivity index (χ1) is 12.4. The van der Waals surface area contributed by atoms with E-state index >= 15 is 0 Å². The molecule has 0 N–H and O–H groups in total. The predicted molar refractivity (Wildman–Crippen MR) is 110 cm³/mol. The van der Waals surface area contributed by atoms with Crippen molar-refractivity contribution in [2.24, 2.45) is 5.16 Å². The Labute approximate surface area is 171 Å². The van der Waals surface area contributed by atoms with Gasteiger partial charge >= 0.3 is 0 Å². The molecule has 0 radical (unpaired) electrons. The summed E-state index contributed by atoms with van der Waals surface area (Å²) in [5.41, 5.74) is 1.92. The number of benzene rings is 1. The molecule has 0 saturated heterocycles. The van der Waals surface area contributed by atoms with Crippen molar-refractivity contribution in [3.63, 3.8) is 0 Å². The lowest BCUT2D eigenvalue weighted by atomic mass is 10.1. The van der Waals surface area contributed by atoms with Crippen LogP contribution in [-0.2, 0) is 11.3 Å². The van der Waals surface area contributed by atoms with Crippen molar-refractivity contribution in [1.82, 2.24) is 0 Å². The Hall–Kier alpha value is -1.10. The maximum atomic E-state index is 6.36. The fourth-order valence-corrected chi connectivity index (χ4v) is 2.54. The molecule has 0 aromatic heterocycles. The summed E-state index contributed by atoms with van der Waals surface area (Å²) in [4.78, 5) is 5.17. The summed E-state index contributed by atoms with van der Waals surface area (Å²) >= 11 is 17.5. The minimum Gasteiger partial charge on any atom is -0.492 e. The summed E-state index contributed by atoms with van der Waals surface area (Å²) in [6, 6.07) is 3.67. The normalized spacial score (nSPS) is 10.2. The highest BCUT2D eigenvalue weighted by atomic mass is 35.5. The predicted octanol–water partition coefficient (Wildman–Crippen LogP) is 6.56. The van der Waals surface area contributed by atoms with Crippen LogP contribution in [0.4, 0.5) is 0 Å². The quantitative estimate of drug-likeness (QED) is 0.217. The highest BCUT2D eigenvalue weighted by Crippen LogP contribution is 2.34. The van der Waals surface area contributed by atoms with Crippen molar-refractivity contribution < 1.29 is 14.3 Å². The van der Waals surface area contributed by atoms with E-state index in [0.29, 0.717) is 24.0 Å². The van der Waals surface area contributed by atoms with Crippen LogP contribution >= 0.6 is 34.8 Å². The first kappa shape index (κ1) is 22.9. The molecule has 146 valence electrons. The van der Waals surface area contributed by atoms with Crippen LogP contribution in [0.15, 0.2) is 27.9 Å². The second-order valence-corrected chi connectivity index (χ2v) is 7.25. The van der Waals surface area contributed by atoms with Gasteiger partial charge in [-0.1, -0.05) is 46.9 Å². The topological polar surface area (TPSA) is 40.0 Å². The smallest absolute Gasteiger partial charge is 0.141 e. The van der Waals surface area contributed by atoms with Gasteiger partial charge in [-0.2, -0.15) is 0 Å². The lowest BCUT2D eigenvalue weighted by Crippen LogP contribution is -2.03. The lowest BCUT2D eigenvalue weighted by molar-refractivity contribution is 0.138. The second kappa shape index (κ2) is 13.1. The molecule has 0 bridgehead atoms. The monoisotopic (exact) mass is 421 g/mol. The van der Waals surface area contributed by atoms with Gasteiger partial charge in [0.05, 0.1) is 17.3 Å². The van der Waals surface area contributed by atoms with Gasteiger partial charge in [0.1, 0.15) is 29.2 Å². The number of aryl methyl sites for hydroxylation is 1. The van der Waals surface area contributed by atoms with Gasteiger partial charge in [0.15, 0.2) is 0 Å². The Bertz CT molecular complexity index is 610. The summed E-state index contributed by atoms with van der Waals surface area (Å²) in [5, 5.41) is 4.44. The average molecular weight is 423 g/mol. The van der Waals surface area contributed by atoms with Crippen molar-refractivity contribution in [2.45, 2.75) is 46.5 Å². The van der Waals surface area contributed by atoms with Gasteiger partial charge in [0.2, 0.25) is 0 Å². The van der Waals surface area contributed by atoms with Crippen LogP contribution in [0, 0.1) is 0 Å². The van der Waals surface area contributed by atoms with Gasteiger partial charge in [-0.05, 0) is 57.2 Å². The van der Waals surface area contributed by atoms with E-state index in [1.165, 1.54) is 0 Å². The van der Waals surface area contributed by atoms with Crippen LogP contribution < -0.4 is 9.47 Å². The average Bonchev–Trinajstić information content (AvgIpc) is 2.57. The van der Waals surface area contributed by atoms with Crippen molar-refractivity contribution >= 4 is 40.5 Å². The number of oxime groups is 1. The van der Waals surface area contributed by atoms with Crippen molar-refractivity contribution in [1.29, 1.82) is 0 Å².